The van der Waals surface area contributed by atoms with Crippen molar-refractivity contribution >= 4 is 0 Å². The first-order valence-electron chi connectivity index (χ1n) is 6.51. The second kappa shape index (κ2) is 4.15. The van der Waals surface area contributed by atoms with Crippen molar-refractivity contribution in [2.45, 2.75) is 47.0 Å². The highest BCUT2D eigenvalue weighted by Crippen LogP contribution is 2.43. The summed E-state index contributed by atoms with van der Waals surface area (Å²) < 4.78 is 0. The van der Waals surface area contributed by atoms with E-state index in [1.807, 2.05) is 0 Å². The first-order valence-corrected chi connectivity index (χ1v) is 6.51. The maximum atomic E-state index is 2.55. The van der Waals surface area contributed by atoms with E-state index >= 15 is 0 Å². The third-order valence-electron chi connectivity index (χ3n) is 4.15. The Balaban J connectivity index is 2.34. The molecule has 15 heavy (non-hydrogen) atoms. The van der Waals surface area contributed by atoms with Gasteiger partial charge in [-0.25, -0.2) is 0 Å². The van der Waals surface area contributed by atoms with Gasteiger partial charge >= 0.3 is 0 Å². The summed E-state index contributed by atoms with van der Waals surface area (Å²) in [6, 6.07) is 0. The van der Waals surface area contributed by atoms with Crippen LogP contribution >= 0.6 is 0 Å². The molecule has 0 aromatic heterocycles. The molecule has 84 valence electrons. The zero-order valence-electron chi connectivity index (χ0n) is 10.6. The topological polar surface area (TPSA) is 0 Å². The van der Waals surface area contributed by atoms with E-state index in [2.05, 4.69) is 39.8 Å². The van der Waals surface area contributed by atoms with Gasteiger partial charge in [0, 0.05) is 0 Å². The Hall–Kier alpha value is -0.520. The highest BCUT2D eigenvalue weighted by molar-refractivity contribution is 5.38. The van der Waals surface area contributed by atoms with Crippen molar-refractivity contribution < 1.29 is 0 Å². The Kier molecular flexibility index (Phi) is 3.04. The average Bonchev–Trinajstić information content (AvgIpc) is 2.17. The van der Waals surface area contributed by atoms with Crippen molar-refractivity contribution in [2.24, 2.45) is 23.7 Å². The molecule has 0 aliphatic heterocycles. The van der Waals surface area contributed by atoms with Gasteiger partial charge in [-0.15, -0.1) is 0 Å². The van der Waals surface area contributed by atoms with Gasteiger partial charge in [-0.05, 0) is 54.1 Å². The molecule has 0 amide bonds. The summed E-state index contributed by atoms with van der Waals surface area (Å²) in [5.41, 5.74) is 3.34. The molecule has 0 radical (unpaired) electrons. The molecule has 0 aromatic rings. The van der Waals surface area contributed by atoms with Crippen LogP contribution in [0.1, 0.15) is 47.0 Å². The van der Waals surface area contributed by atoms with E-state index in [-0.39, 0.29) is 0 Å². The van der Waals surface area contributed by atoms with E-state index in [0.717, 1.165) is 17.8 Å². The maximum Gasteiger partial charge on any atom is -0.0133 e. The SMILES string of the molecule is CC(C)C1=CC[C@H](C)C2CC[C@H](C)C=C12. The molecule has 0 nitrogen and oxygen atoms in total. The summed E-state index contributed by atoms with van der Waals surface area (Å²) in [6.07, 6.45) is 9.15. The van der Waals surface area contributed by atoms with Gasteiger partial charge in [0.15, 0.2) is 0 Å². The monoisotopic (exact) mass is 204 g/mol. The summed E-state index contributed by atoms with van der Waals surface area (Å²) >= 11 is 0. The molecule has 0 saturated heterocycles. The normalized spacial score (nSPS) is 35.9. The molecule has 0 N–H and O–H groups in total. The first kappa shape index (κ1) is 11.0. The third-order valence-corrected chi connectivity index (χ3v) is 4.15. The zero-order chi connectivity index (χ0) is 11.0. The van der Waals surface area contributed by atoms with E-state index < -0.39 is 0 Å². The summed E-state index contributed by atoms with van der Waals surface area (Å²) in [5.74, 6) is 3.23. The van der Waals surface area contributed by atoms with Gasteiger partial charge in [0.2, 0.25) is 0 Å². The van der Waals surface area contributed by atoms with Crippen LogP contribution in [0.5, 0.6) is 0 Å². The lowest BCUT2D eigenvalue weighted by Crippen LogP contribution is -2.25. The number of fused-ring (bicyclic) bond motifs is 1. The van der Waals surface area contributed by atoms with Crippen molar-refractivity contribution in [3.63, 3.8) is 0 Å². The van der Waals surface area contributed by atoms with Gasteiger partial charge in [-0.2, -0.15) is 0 Å². The summed E-state index contributed by atoms with van der Waals surface area (Å²) in [4.78, 5) is 0. The number of hydrogen-bond acceptors (Lipinski definition) is 0. The Bertz CT molecular complexity index is 293. The number of hydrogen-bond donors (Lipinski definition) is 0. The van der Waals surface area contributed by atoms with Crippen LogP contribution in [0.15, 0.2) is 23.3 Å². The lowest BCUT2D eigenvalue weighted by molar-refractivity contribution is 0.331. The van der Waals surface area contributed by atoms with E-state index in [9.17, 15) is 0 Å². The van der Waals surface area contributed by atoms with E-state index in [1.165, 1.54) is 19.3 Å². The minimum atomic E-state index is 0.705. The molecule has 2 rings (SSSR count). The first-order chi connectivity index (χ1) is 7.09. The van der Waals surface area contributed by atoms with Crippen LogP contribution in [0, 0.1) is 23.7 Å². The third kappa shape index (κ3) is 2.04. The van der Waals surface area contributed by atoms with Crippen molar-refractivity contribution in [3.8, 4) is 0 Å². The molecule has 1 unspecified atom stereocenters. The van der Waals surface area contributed by atoms with Gasteiger partial charge in [0.25, 0.3) is 0 Å². The predicted octanol–water partition coefficient (Wildman–Crippen LogP) is 4.58. The summed E-state index contributed by atoms with van der Waals surface area (Å²) in [7, 11) is 0. The van der Waals surface area contributed by atoms with Crippen LogP contribution < -0.4 is 0 Å². The van der Waals surface area contributed by atoms with Crippen LogP contribution in [-0.2, 0) is 0 Å². The fourth-order valence-electron chi connectivity index (χ4n) is 3.18. The van der Waals surface area contributed by atoms with Gasteiger partial charge < -0.3 is 0 Å². The largest absolute Gasteiger partial charge is 0.0805 e. The van der Waals surface area contributed by atoms with E-state index in [1.54, 1.807) is 11.1 Å². The predicted molar refractivity (Wildman–Crippen MR) is 66.7 cm³/mol. The van der Waals surface area contributed by atoms with Crippen molar-refractivity contribution in [1.82, 2.24) is 0 Å². The van der Waals surface area contributed by atoms with Crippen molar-refractivity contribution in [2.75, 3.05) is 0 Å². The van der Waals surface area contributed by atoms with Crippen molar-refractivity contribution in [1.29, 1.82) is 0 Å². The molecule has 2 aliphatic carbocycles. The lowest BCUT2D eigenvalue weighted by Gasteiger charge is -2.37. The molecular weight excluding hydrogens is 180 g/mol. The van der Waals surface area contributed by atoms with Gasteiger partial charge in [-0.3, -0.25) is 0 Å². The molecule has 2 aliphatic rings. The summed E-state index contributed by atoms with van der Waals surface area (Å²) in [5, 5.41) is 0. The highest BCUT2D eigenvalue weighted by atomic mass is 14.4. The second-order valence-electron chi connectivity index (χ2n) is 5.81. The quantitative estimate of drug-likeness (QED) is 0.586. The minimum absolute atomic E-state index is 0.705. The van der Waals surface area contributed by atoms with E-state index in [4.69, 9.17) is 0 Å². The van der Waals surface area contributed by atoms with Gasteiger partial charge in [0.05, 0.1) is 0 Å². The number of allylic oxidation sites excluding steroid dienone is 4. The smallest absolute Gasteiger partial charge is 0.0133 e. The highest BCUT2D eigenvalue weighted by Gasteiger charge is 2.31. The van der Waals surface area contributed by atoms with Crippen LogP contribution in [0.4, 0.5) is 0 Å². The van der Waals surface area contributed by atoms with Crippen molar-refractivity contribution in [3.05, 3.63) is 23.3 Å². The average molecular weight is 204 g/mol. The molecule has 0 spiro atoms. The summed E-state index contributed by atoms with van der Waals surface area (Å²) in [6.45, 7) is 9.44. The molecule has 3 atom stereocenters. The molecule has 0 fully saturated rings. The fraction of sp³-hybridized carbons (Fsp3) is 0.733. The standard InChI is InChI=1S/C15H24/c1-10(2)13-8-6-12(4)14-7-5-11(3)9-15(13)14/h8-12,14H,5-7H2,1-4H3/t11-,12-,14?/m0/s1. The Morgan fingerprint density at radius 1 is 1.20 bits per heavy atom. The zero-order valence-corrected chi connectivity index (χ0v) is 10.6. The maximum absolute atomic E-state index is 2.55. The Morgan fingerprint density at radius 2 is 1.93 bits per heavy atom. The molecular formula is C15H24. The van der Waals surface area contributed by atoms with Crippen LogP contribution in [-0.4, -0.2) is 0 Å². The molecule has 0 saturated carbocycles. The van der Waals surface area contributed by atoms with Gasteiger partial charge in [0.1, 0.15) is 0 Å². The molecule has 0 bridgehead atoms. The van der Waals surface area contributed by atoms with Crippen LogP contribution in [0.25, 0.3) is 0 Å². The van der Waals surface area contributed by atoms with Gasteiger partial charge in [-0.1, -0.05) is 39.8 Å². The molecule has 0 aromatic carbocycles. The minimum Gasteiger partial charge on any atom is -0.0805 e. The second-order valence-corrected chi connectivity index (χ2v) is 5.81. The molecule has 0 heteroatoms. The Morgan fingerprint density at radius 3 is 2.60 bits per heavy atom. The fourth-order valence-corrected chi connectivity index (χ4v) is 3.18. The number of rotatable bonds is 1. The Labute approximate surface area is 94.5 Å². The van der Waals surface area contributed by atoms with Crippen LogP contribution in [0.3, 0.4) is 0 Å². The molecule has 0 heterocycles. The van der Waals surface area contributed by atoms with Crippen LogP contribution in [0.2, 0.25) is 0 Å². The van der Waals surface area contributed by atoms with E-state index in [0.29, 0.717) is 5.92 Å². The lowest BCUT2D eigenvalue weighted by atomic mass is 9.68.